The lowest BCUT2D eigenvalue weighted by Gasteiger charge is -2.53. The van der Waals surface area contributed by atoms with Crippen LogP contribution in [0.3, 0.4) is 0 Å². The standard InChI is InChI=1S/C77H129NO62/c1-17-19(88)5-20(89)65(122-17)134-61-36(99)28(3-4-79)123-71(49(61)112)131-58-32(14-86)126-70(47(110)43(58)106)133-60-33(78-18(2)87)66(124-31(13-85)37(60)100)135-62-48(111)54(27(96)16-121-68-45(108)40(103)42(105)53(128-68)26(95)15-120-67-44(107)39(102)41(104)52(127-67)22(91)8-80)129-72(50(62)113)136-63-51(114)73(130-56(24(93)10-82)64(63)137-69-46(109)38(101)35(98)30(12-84)125-69)132-59-29(7-76(119,74(115)116)139-57(59)25(94)11-83)138-77(75(117)118)6-21(90)34(97)55(140-77)23(92)9-81/h17,19-73,79-86,88-114,119H,3-16H2,1-2H3,(H,78,87)(H,115,116)(H,117,118)/t17-,19+,20+,21-,22-,23-,24+,25-,26+,27+,28-,29-,30-,31-,32-,33-,34-,35-,36-,37-,38+,39+,40+,41+,42+,43-,44+,45+,46-,47-,48-,49+,50+,51+,52-,53-,54-,55-,56-,57-,58+,59-,60-,61+,62+,63-,64-,65-,66+,67+,68+,69+,70-,71+,72-,73-,76-,77-/m1/s1. The summed E-state index contributed by atoms with van der Waals surface area (Å²) < 4.78 is 123. The Morgan fingerprint density at radius 1 is 0.336 bits per heavy atom. The number of nitrogens with one attached hydrogen (secondary N) is 1. The van der Waals surface area contributed by atoms with E-state index in [0.29, 0.717) is 0 Å². The molecule has 0 aromatic carbocycles. The number of aliphatic hydroxyl groups is 36. The molecule has 58 atom stereocenters. The van der Waals surface area contributed by atoms with Gasteiger partial charge in [-0.15, -0.1) is 0 Å². The highest BCUT2D eigenvalue weighted by atomic mass is 16.8. The van der Waals surface area contributed by atoms with E-state index in [1.807, 2.05) is 0 Å². The largest absolute Gasteiger partial charge is 0.477 e. The predicted octanol–water partition coefficient (Wildman–Crippen LogP) is -25.3. The molecule has 11 saturated heterocycles. The molecule has 11 aliphatic heterocycles. The third-order valence-corrected chi connectivity index (χ3v) is 25.9. The molecule has 11 fully saturated rings. The summed E-state index contributed by atoms with van der Waals surface area (Å²) in [6.07, 6.45) is -132. The Bertz CT molecular complexity index is 3810. The molecule has 0 unspecified atom stereocenters. The van der Waals surface area contributed by atoms with Crippen LogP contribution in [-0.2, 0) is 114 Å². The molecular formula is C77H129NO62. The molecule has 0 aromatic rings. The molecule has 39 N–H and O–H groups in total. The average Bonchev–Trinajstić information content (AvgIpc) is 0.739. The van der Waals surface area contributed by atoms with Crippen molar-refractivity contribution in [3.8, 4) is 0 Å². The van der Waals surface area contributed by atoms with Crippen LogP contribution in [0.25, 0.3) is 0 Å². The first kappa shape index (κ1) is 116. The molecule has 0 spiro atoms. The fraction of sp³-hybridized carbons (Fsp3) is 0.961. The molecule has 0 aliphatic carbocycles. The summed E-state index contributed by atoms with van der Waals surface area (Å²) in [6.45, 7) is -10.7. The van der Waals surface area contributed by atoms with Crippen molar-refractivity contribution in [3.05, 3.63) is 0 Å². The number of ether oxygens (including phenoxy) is 21. The van der Waals surface area contributed by atoms with Crippen LogP contribution in [0, 0.1) is 0 Å². The van der Waals surface area contributed by atoms with Gasteiger partial charge >= 0.3 is 11.9 Å². The van der Waals surface area contributed by atoms with Crippen LogP contribution >= 0.6 is 0 Å². The molecule has 0 aromatic heterocycles. The number of carbonyl (C=O) groups excluding carboxylic acids is 1. The number of aliphatic hydroxyl groups excluding tert-OH is 35. The number of carboxylic acid groups (broad SMARTS) is 2. The number of carboxylic acids is 2. The predicted molar refractivity (Wildman–Crippen MR) is 422 cm³/mol. The van der Waals surface area contributed by atoms with Crippen LogP contribution in [0.5, 0.6) is 0 Å². The number of hydrogen-bond acceptors (Lipinski definition) is 60. The summed E-state index contributed by atoms with van der Waals surface area (Å²) in [6, 6.07) is -2.29. The van der Waals surface area contributed by atoms with Gasteiger partial charge in [-0.1, -0.05) is 0 Å². The van der Waals surface area contributed by atoms with E-state index in [9.17, 15) is 208 Å². The first-order valence-corrected chi connectivity index (χ1v) is 44.4. The molecule has 140 heavy (non-hydrogen) atoms. The summed E-state index contributed by atoms with van der Waals surface area (Å²) in [4.78, 5) is 40.2. The zero-order valence-corrected chi connectivity index (χ0v) is 74.0. The SMILES string of the molecule is CC(=O)N[C@H]1[C@H](O[C@@H]2[C@H](O)[C@@H](O[C@@H]3[C@H](O)[C@@H](O[C@H]4[C@@H]([C@H](O)CO)O[C@@](O)(C(=O)O)C[C@H]4O[C@]4(C(=O)O)C[C@@H](O)[C@@H](O)[C@@H]([C@H](O)CO)O4)O[C@H]([C@@H](O)CO)[C@H]3O[C@@H]3O[C@H](CO)[C@@H](O)[C@H](O)[C@H]3O)O[C@H]([C@@H](O)CO[C@H]3O[C@H]([C@@H](O)CO[C@H]4O[C@H]([C@H](O)CO)[C@@H](O)[C@H](O)[C@@H]4O)[C@@H](O)[C@H](O)[C@@H]3O)[C@H]2O)O[C@H](CO)[C@@H](O)[C@@H]1O[C@H]1O[C@H](CO)[C@H](O[C@@H]2O[C@H](CCO)[C@@H](O)[C@H](O[C@H]3O[C@H](C)[C@@H](O)C[C@@H]3O)[C@@H]2O)[C@H](O)[C@H]1O. The summed E-state index contributed by atoms with van der Waals surface area (Å²) in [5.74, 6) is -13.2. The highest BCUT2D eigenvalue weighted by molar-refractivity contribution is 5.77. The van der Waals surface area contributed by atoms with Gasteiger partial charge in [-0.3, -0.25) is 4.79 Å². The van der Waals surface area contributed by atoms with E-state index < -0.39 is 458 Å². The van der Waals surface area contributed by atoms with Gasteiger partial charge in [0.2, 0.25) is 5.91 Å². The smallest absolute Gasteiger partial charge is 0.364 e. The second-order valence-electron chi connectivity index (χ2n) is 35.7. The number of rotatable bonds is 40. The molecule has 0 bridgehead atoms. The Kier molecular flexibility index (Phi) is 41.3. The zero-order valence-electron chi connectivity index (χ0n) is 74.0. The minimum atomic E-state index is -3.75. The van der Waals surface area contributed by atoms with Gasteiger partial charge < -0.3 is 299 Å². The Balaban J connectivity index is 0.965. The van der Waals surface area contributed by atoms with E-state index in [0.717, 1.165) is 6.92 Å². The van der Waals surface area contributed by atoms with Gasteiger partial charge in [0.05, 0.1) is 90.0 Å². The summed E-state index contributed by atoms with van der Waals surface area (Å²) in [7, 11) is 0. The topological polar surface area (TPSA) is 1030 Å². The normalized spacial score (nSPS) is 49.2. The van der Waals surface area contributed by atoms with Crippen molar-refractivity contribution in [1.82, 2.24) is 5.32 Å². The number of hydrogen-bond donors (Lipinski definition) is 39. The zero-order chi connectivity index (χ0) is 104. The number of aliphatic carboxylic acids is 2. The van der Waals surface area contributed by atoms with Crippen molar-refractivity contribution >= 4 is 17.8 Å². The van der Waals surface area contributed by atoms with Crippen molar-refractivity contribution in [2.75, 3.05) is 66.1 Å². The highest BCUT2D eigenvalue weighted by Crippen LogP contribution is 2.46. The van der Waals surface area contributed by atoms with Crippen LogP contribution < -0.4 is 5.32 Å². The molecule has 11 aliphatic rings. The van der Waals surface area contributed by atoms with Gasteiger partial charge in [0, 0.05) is 32.8 Å². The first-order valence-electron chi connectivity index (χ1n) is 44.4. The number of carbonyl (C=O) groups is 3. The molecule has 63 heteroatoms. The molecule has 814 valence electrons. The van der Waals surface area contributed by atoms with Gasteiger partial charge in [0.1, 0.15) is 256 Å². The Labute approximate surface area is 789 Å². The summed E-state index contributed by atoms with van der Waals surface area (Å²) in [5, 5.41) is 428. The highest BCUT2D eigenvalue weighted by Gasteiger charge is 2.66. The van der Waals surface area contributed by atoms with Crippen LogP contribution in [0.1, 0.15) is 39.5 Å². The maximum Gasteiger partial charge on any atom is 0.364 e. The van der Waals surface area contributed by atoms with E-state index >= 15 is 0 Å². The van der Waals surface area contributed by atoms with Crippen molar-refractivity contribution in [2.45, 2.75) is 395 Å². The second-order valence-corrected chi connectivity index (χ2v) is 35.7. The van der Waals surface area contributed by atoms with E-state index in [4.69, 9.17) is 99.5 Å². The van der Waals surface area contributed by atoms with Crippen LogP contribution in [0.15, 0.2) is 0 Å². The molecule has 0 radical (unpaired) electrons. The minimum Gasteiger partial charge on any atom is -0.477 e. The summed E-state index contributed by atoms with van der Waals surface area (Å²) in [5.41, 5.74) is 0. The van der Waals surface area contributed by atoms with Gasteiger partial charge in [-0.05, 0) is 13.3 Å². The van der Waals surface area contributed by atoms with Crippen molar-refractivity contribution < 1.29 is 308 Å². The van der Waals surface area contributed by atoms with Crippen molar-refractivity contribution in [2.24, 2.45) is 0 Å². The quantitative estimate of drug-likeness (QED) is 0.0271. The third kappa shape index (κ3) is 25.0. The fourth-order valence-corrected chi connectivity index (χ4v) is 18.0. The van der Waals surface area contributed by atoms with Crippen molar-refractivity contribution in [3.63, 3.8) is 0 Å². The minimum absolute atomic E-state index is 0.317. The van der Waals surface area contributed by atoms with Crippen LogP contribution in [-0.4, -0.2) is 633 Å². The molecule has 11 heterocycles. The van der Waals surface area contributed by atoms with Gasteiger partial charge in [-0.25, -0.2) is 9.59 Å². The van der Waals surface area contributed by atoms with Crippen molar-refractivity contribution in [1.29, 1.82) is 0 Å². The van der Waals surface area contributed by atoms with Gasteiger partial charge in [0.25, 0.3) is 11.6 Å². The van der Waals surface area contributed by atoms with Crippen LogP contribution in [0.2, 0.25) is 0 Å². The van der Waals surface area contributed by atoms with Gasteiger partial charge in [-0.2, -0.15) is 0 Å². The third-order valence-electron chi connectivity index (χ3n) is 25.9. The Hall–Kier alpha value is -3.87. The lowest BCUT2D eigenvalue weighted by Crippen LogP contribution is -2.71. The van der Waals surface area contributed by atoms with E-state index in [1.165, 1.54) is 6.92 Å². The van der Waals surface area contributed by atoms with E-state index in [-0.39, 0.29) is 6.42 Å². The molecular weight excluding hydrogens is 1930 g/mol. The summed E-state index contributed by atoms with van der Waals surface area (Å²) >= 11 is 0. The lowest BCUT2D eigenvalue weighted by atomic mass is 9.89. The van der Waals surface area contributed by atoms with Crippen LogP contribution in [0.4, 0.5) is 0 Å². The van der Waals surface area contributed by atoms with Gasteiger partial charge in [0.15, 0.2) is 56.6 Å². The average molecular weight is 2060 g/mol. The monoisotopic (exact) mass is 2060 g/mol. The molecule has 11 rings (SSSR count). The number of amides is 1. The second kappa shape index (κ2) is 49.7. The maximum absolute atomic E-state index is 13.6. The molecule has 0 saturated carbocycles. The first-order chi connectivity index (χ1) is 65.9. The molecule has 1 amide bonds. The Morgan fingerprint density at radius 3 is 1.27 bits per heavy atom. The lowest BCUT2D eigenvalue weighted by molar-refractivity contribution is -0.416. The molecule has 63 nitrogen and oxygen atoms in total. The van der Waals surface area contributed by atoms with E-state index in [2.05, 4.69) is 5.32 Å². The Morgan fingerprint density at radius 2 is 0.736 bits per heavy atom. The fourth-order valence-electron chi connectivity index (χ4n) is 18.0. The maximum atomic E-state index is 13.6. The van der Waals surface area contributed by atoms with E-state index in [1.54, 1.807) is 0 Å².